The number of amides is 1. The van der Waals surface area contributed by atoms with Gasteiger partial charge in [0.05, 0.1) is 17.5 Å². The number of carbonyl (C=O) groups is 1. The van der Waals surface area contributed by atoms with Gasteiger partial charge in [-0.15, -0.1) is 11.8 Å². The van der Waals surface area contributed by atoms with Crippen LogP contribution in [0.5, 0.6) is 0 Å². The van der Waals surface area contributed by atoms with Gasteiger partial charge in [0, 0.05) is 17.9 Å². The van der Waals surface area contributed by atoms with Gasteiger partial charge in [0.25, 0.3) is 0 Å². The predicted molar refractivity (Wildman–Crippen MR) is 105 cm³/mol. The molecule has 3 rings (SSSR count). The molecule has 1 unspecified atom stereocenters. The van der Waals surface area contributed by atoms with Gasteiger partial charge in [0.1, 0.15) is 5.76 Å². The predicted octanol–water partition coefficient (Wildman–Crippen LogP) is 3.48. The molecule has 140 valence electrons. The van der Waals surface area contributed by atoms with Gasteiger partial charge in [-0.2, -0.15) is 0 Å². The number of benzene rings is 1. The van der Waals surface area contributed by atoms with Crippen molar-refractivity contribution in [2.45, 2.75) is 38.5 Å². The fraction of sp³-hybridized carbons (Fsp3) is 0.500. The summed E-state index contributed by atoms with van der Waals surface area (Å²) in [6.07, 6.45) is 2.48. The Kier molecular flexibility index (Phi) is 6.74. The summed E-state index contributed by atoms with van der Waals surface area (Å²) in [5.41, 5.74) is 3.29. The lowest BCUT2D eigenvalue weighted by Crippen LogP contribution is -2.37. The van der Waals surface area contributed by atoms with Gasteiger partial charge in [-0.05, 0) is 45.3 Å². The smallest absolute Gasteiger partial charge is 0.230 e. The third-order valence-corrected chi connectivity index (χ3v) is 5.88. The van der Waals surface area contributed by atoms with E-state index in [0.717, 1.165) is 35.9 Å². The largest absolute Gasteiger partial charge is 0.361 e. The van der Waals surface area contributed by atoms with Gasteiger partial charge in [-0.3, -0.25) is 9.69 Å². The molecule has 1 saturated heterocycles. The summed E-state index contributed by atoms with van der Waals surface area (Å²) in [6.45, 7) is 6.73. The van der Waals surface area contributed by atoms with Gasteiger partial charge in [0.2, 0.25) is 5.91 Å². The van der Waals surface area contributed by atoms with Crippen LogP contribution in [-0.4, -0.2) is 41.4 Å². The molecule has 0 radical (unpaired) electrons. The molecule has 2 heterocycles. The Morgan fingerprint density at radius 1 is 1.27 bits per heavy atom. The number of nitrogens with zero attached hydrogens (tertiary/aromatic N) is 2. The summed E-state index contributed by atoms with van der Waals surface area (Å²) < 4.78 is 5.17. The maximum absolute atomic E-state index is 12.3. The third-order valence-electron chi connectivity index (χ3n) is 4.92. The van der Waals surface area contributed by atoms with Crippen LogP contribution >= 0.6 is 11.8 Å². The zero-order valence-corrected chi connectivity index (χ0v) is 16.3. The van der Waals surface area contributed by atoms with E-state index in [-0.39, 0.29) is 11.9 Å². The number of rotatable bonds is 8. The third kappa shape index (κ3) is 4.89. The molecule has 1 aromatic heterocycles. The van der Waals surface area contributed by atoms with E-state index in [1.807, 2.05) is 19.9 Å². The van der Waals surface area contributed by atoms with Crippen molar-refractivity contribution in [1.82, 2.24) is 15.4 Å². The highest BCUT2D eigenvalue weighted by atomic mass is 32.2. The molecule has 6 heteroatoms. The lowest BCUT2D eigenvalue weighted by molar-refractivity contribution is -0.118. The van der Waals surface area contributed by atoms with Crippen LogP contribution in [0.3, 0.4) is 0 Å². The van der Waals surface area contributed by atoms with E-state index >= 15 is 0 Å². The molecule has 1 aromatic carbocycles. The second-order valence-electron chi connectivity index (χ2n) is 6.77. The number of aromatic nitrogens is 1. The van der Waals surface area contributed by atoms with Crippen molar-refractivity contribution in [3.05, 3.63) is 52.9 Å². The average molecular weight is 374 g/mol. The first-order valence-corrected chi connectivity index (χ1v) is 10.4. The summed E-state index contributed by atoms with van der Waals surface area (Å²) >= 11 is 1.60. The maximum atomic E-state index is 12.3. The number of thioether (sulfide) groups is 1. The molecule has 0 bridgehead atoms. The Morgan fingerprint density at radius 2 is 2.00 bits per heavy atom. The van der Waals surface area contributed by atoms with Crippen LogP contribution < -0.4 is 5.32 Å². The molecule has 1 aliphatic rings. The molecular formula is C20H27N3O2S. The van der Waals surface area contributed by atoms with Gasteiger partial charge < -0.3 is 9.84 Å². The van der Waals surface area contributed by atoms with E-state index in [1.165, 1.54) is 18.4 Å². The summed E-state index contributed by atoms with van der Waals surface area (Å²) in [7, 11) is 0. The van der Waals surface area contributed by atoms with E-state index in [4.69, 9.17) is 4.52 Å². The minimum atomic E-state index is 0.0851. The maximum Gasteiger partial charge on any atom is 0.230 e. The minimum Gasteiger partial charge on any atom is -0.361 e. The van der Waals surface area contributed by atoms with Gasteiger partial charge in [0.15, 0.2) is 0 Å². The second kappa shape index (κ2) is 9.24. The lowest BCUT2D eigenvalue weighted by Gasteiger charge is -2.28. The van der Waals surface area contributed by atoms with Crippen LogP contribution in [0.4, 0.5) is 0 Å². The molecule has 1 N–H and O–H groups in total. The van der Waals surface area contributed by atoms with E-state index in [9.17, 15) is 4.79 Å². The number of carbonyl (C=O) groups excluding carboxylic acids is 1. The molecule has 0 saturated carbocycles. The Labute approximate surface area is 159 Å². The van der Waals surface area contributed by atoms with Gasteiger partial charge >= 0.3 is 0 Å². The molecule has 2 aromatic rings. The number of hydrogen-bond acceptors (Lipinski definition) is 5. The first-order valence-electron chi connectivity index (χ1n) is 9.20. The standard InChI is InChI=1S/C20H27N3O2S/c1-15-18(16(2)25-22-15)13-26-14-20(24)21-12-19(23-10-6-7-11-23)17-8-4-3-5-9-17/h3-5,8-9,19H,6-7,10-14H2,1-2H3,(H,21,24). The van der Waals surface area contributed by atoms with Crippen LogP contribution in [-0.2, 0) is 10.5 Å². The highest BCUT2D eigenvalue weighted by Gasteiger charge is 2.23. The molecule has 26 heavy (non-hydrogen) atoms. The zero-order valence-electron chi connectivity index (χ0n) is 15.5. The van der Waals surface area contributed by atoms with Crippen molar-refractivity contribution in [3.8, 4) is 0 Å². The number of aryl methyl sites for hydroxylation is 2. The molecule has 0 spiro atoms. The molecule has 1 atom stereocenters. The molecule has 0 aliphatic carbocycles. The van der Waals surface area contributed by atoms with Crippen molar-refractivity contribution < 1.29 is 9.32 Å². The van der Waals surface area contributed by atoms with Crippen LogP contribution in [0.2, 0.25) is 0 Å². The zero-order chi connectivity index (χ0) is 18.4. The van der Waals surface area contributed by atoms with Crippen LogP contribution in [0.25, 0.3) is 0 Å². The Bertz CT molecular complexity index is 692. The van der Waals surface area contributed by atoms with Gasteiger partial charge in [-0.25, -0.2) is 0 Å². The first-order chi connectivity index (χ1) is 12.6. The topological polar surface area (TPSA) is 58.4 Å². The minimum absolute atomic E-state index is 0.0851. The number of hydrogen-bond donors (Lipinski definition) is 1. The monoisotopic (exact) mass is 373 g/mol. The summed E-state index contributed by atoms with van der Waals surface area (Å²) in [4.78, 5) is 14.8. The second-order valence-corrected chi connectivity index (χ2v) is 7.75. The summed E-state index contributed by atoms with van der Waals surface area (Å²) in [5.74, 6) is 2.13. The van der Waals surface area contributed by atoms with Crippen LogP contribution in [0, 0.1) is 13.8 Å². The quantitative estimate of drug-likeness (QED) is 0.768. The first kappa shape index (κ1) is 19.0. The van der Waals surface area contributed by atoms with E-state index in [2.05, 4.69) is 39.6 Å². The average Bonchev–Trinajstić information content (AvgIpc) is 3.28. The Hall–Kier alpha value is -1.79. The molecule has 5 nitrogen and oxygen atoms in total. The Balaban J connectivity index is 1.49. The normalized spacial score (nSPS) is 15.9. The van der Waals surface area contributed by atoms with E-state index in [1.54, 1.807) is 11.8 Å². The summed E-state index contributed by atoms with van der Waals surface area (Å²) in [5, 5.41) is 7.08. The van der Waals surface area contributed by atoms with Crippen LogP contribution in [0.1, 0.15) is 41.5 Å². The SMILES string of the molecule is Cc1noc(C)c1CSCC(=O)NCC(c1ccccc1)N1CCCC1. The Morgan fingerprint density at radius 3 is 2.65 bits per heavy atom. The van der Waals surface area contributed by atoms with Crippen molar-refractivity contribution in [3.63, 3.8) is 0 Å². The fourth-order valence-corrected chi connectivity index (χ4v) is 4.41. The van der Waals surface area contributed by atoms with Crippen molar-refractivity contribution in [2.24, 2.45) is 0 Å². The molecule has 1 fully saturated rings. The van der Waals surface area contributed by atoms with Gasteiger partial charge in [-0.1, -0.05) is 35.5 Å². The van der Waals surface area contributed by atoms with Crippen molar-refractivity contribution in [1.29, 1.82) is 0 Å². The fourth-order valence-electron chi connectivity index (χ4n) is 3.40. The van der Waals surface area contributed by atoms with Crippen molar-refractivity contribution >= 4 is 17.7 Å². The molecule has 1 amide bonds. The highest BCUT2D eigenvalue weighted by Crippen LogP contribution is 2.24. The van der Waals surface area contributed by atoms with Crippen LogP contribution in [0.15, 0.2) is 34.9 Å². The molecular weight excluding hydrogens is 346 g/mol. The lowest BCUT2D eigenvalue weighted by atomic mass is 10.1. The highest BCUT2D eigenvalue weighted by molar-refractivity contribution is 7.99. The number of nitrogens with one attached hydrogen (secondary N) is 1. The van der Waals surface area contributed by atoms with E-state index in [0.29, 0.717) is 12.3 Å². The number of likely N-dealkylation sites (tertiary alicyclic amines) is 1. The molecule has 1 aliphatic heterocycles. The van der Waals surface area contributed by atoms with Crippen molar-refractivity contribution in [2.75, 3.05) is 25.4 Å². The van der Waals surface area contributed by atoms with E-state index < -0.39 is 0 Å². The summed E-state index contributed by atoms with van der Waals surface area (Å²) in [6, 6.07) is 10.7.